The van der Waals surface area contributed by atoms with Gasteiger partial charge in [0.15, 0.2) is 5.41 Å². The minimum atomic E-state index is -3.98. The Bertz CT molecular complexity index is 1290. The minimum absolute atomic E-state index is 0.0617. The molecule has 32 heavy (non-hydrogen) atoms. The molecule has 8 heteroatoms. The van der Waals surface area contributed by atoms with Gasteiger partial charge in [0.05, 0.1) is 4.90 Å². The summed E-state index contributed by atoms with van der Waals surface area (Å²) in [7, 11) is 3.50. The van der Waals surface area contributed by atoms with Gasteiger partial charge in [0.25, 0.3) is 9.05 Å². The highest BCUT2D eigenvalue weighted by molar-refractivity contribution is 8.13. The van der Waals surface area contributed by atoms with Gasteiger partial charge in [0.1, 0.15) is 12.4 Å². The lowest BCUT2D eigenvalue weighted by molar-refractivity contribution is -0.143. The summed E-state index contributed by atoms with van der Waals surface area (Å²) < 4.78 is 30.1. The van der Waals surface area contributed by atoms with E-state index < -0.39 is 20.4 Å². The number of halogens is 1. The molecule has 0 atom stereocenters. The second-order valence-electron chi connectivity index (χ2n) is 7.87. The van der Waals surface area contributed by atoms with Crippen molar-refractivity contribution in [3.63, 3.8) is 0 Å². The number of aryl methyl sites for hydroxylation is 1. The van der Waals surface area contributed by atoms with Gasteiger partial charge in [-0.25, -0.2) is 8.42 Å². The first-order chi connectivity index (χ1) is 15.1. The second-order valence-corrected chi connectivity index (χ2v) is 10.4. The number of ether oxygens (including phenoxy) is 1. The van der Waals surface area contributed by atoms with Crippen LogP contribution in [0.3, 0.4) is 0 Å². The quantitative estimate of drug-likeness (QED) is 0.540. The summed E-state index contributed by atoms with van der Waals surface area (Å²) in [5.41, 5.74) is 2.27. The van der Waals surface area contributed by atoms with E-state index in [9.17, 15) is 18.3 Å². The van der Waals surface area contributed by atoms with Crippen molar-refractivity contribution in [3.05, 3.63) is 82.9 Å². The molecular weight excluding hydrogens is 450 g/mol. The Hall–Kier alpha value is -3.03. The van der Waals surface area contributed by atoms with Crippen LogP contribution >= 0.6 is 10.7 Å². The number of hydrogen-bond acceptors (Lipinski definition) is 5. The molecule has 1 aliphatic rings. The predicted molar refractivity (Wildman–Crippen MR) is 124 cm³/mol. The van der Waals surface area contributed by atoms with Gasteiger partial charge in [-0.3, -0.25) is 4.79 Å². The largest absolute Gasteiger partial charge is 0.491 e. The van der Waals surface area contributed by atoms with Crippen molar-refractivity contribution < 1.29 is 23.1 Å². The highest BCUT2D eigenvalue weighted by Crippen LogP contribution is 2.49. The standard InChI is InChI=1S/C24H22ClNO5S/c1-15-12-13-21(32(25,29)30)16(2)22(15)31-14-24(23(27)28)17-8-4-6-10-19(17)26(3)20-11-7-5-9-18(20)24/h4-13H,14H2,1-3H3,(H,27,28). The van der Waals surface area contributed by atoms with Gasteiger partial charge in [-0.15, -0.1) is 0 Å². The van der Waals surface area contributed by atoms with Crippen molar-refractivity contribution in [3.8, 4) is 5.75 Å². The molecule has 0 amide bonds. The first-order valence-electron chi connectivity index (χ1n) is 9.93. The smallest absolute Gasteiger partial charge is 0.322 e. The van der Waals surface area contributed by atoms with Crippen molar-refractivity contribution in [2.75, 3.05) is 18.6 Å². The zero-order valence-electron chi connectivity index (χ0n) is 17.8. The Morgan fingerprint density at radius 1 is 1.00 bits per heavy atom. The van der Waals surface area contributed by atoms with Crippen molar-refractivity contribution in [2.24, 2.45) is 0 Å². The normalized spacial score (nSPS) is 14.4. The number of fused-ring (bicyclic) bond motifs is 2. The van der Waals surface area contributed by atoms with Crippen molar-refractivity contribution in [2.45, 2.75) is 24.2 Å². The lowest BCUT2D eigenvalue weighted by Gasteiger charge is -2.41. The minimum Gasteiger partial charge on any atom is -0.491 e. The van der Waals surface area contributed by atoms with E-state index in [1.54, 1.807) is 44.2 Å². The fraction of sp³-hybridized carbons (Fsp3) is 0.208. The average Bonchev–Trinajstić information content (AvgIpc) is 2.74. The van der Waals surface area contributed by atoms with E-state index in [0.717, 1.165) is 11.4 Å². The molecule has 0 spiro atoms. The van der Waals surface area contributed by atoms with Gasteiger partial charge < -0.3 is 14.7 Å². The highest BCUT2D eigenvalue weighted by atomic mass is 35.7. The number of para-hydroxylation sites is 2. The van der Waals surface area contributed by atoms with Gasteiger partial charge in [-0.05, 0) is 37.6 Å². The van der Waals surface area contributed by atoms with Crippen molar-refractivity contribution in [1.29, 1.82) is 0 Å². The average molecular weight is 472 g/mol. The van der Waals surface area contributed by atoms with Crippen molar-refractivity contribution in [1.82, 2.24) is 0 Å². The first kappa shape index (κ1) is 22.2. The number of carboxylic acid groups (broad SMARTS) is 1. The number of rotatable bonds is 5. The number of nitrogens with zero attached hydrogens (tertiary/aromatic N) is 1. The summed E-state index contributed by atoms with van der Waals surface area (Å²) in [6, 6.07) is 17.7. The van der Waals surface area contributed by atoms with Crippen LogP contribution in [-0.4, -0.2) is 33.1 Å². The maximum atomic E-state index is 12.9. The summed E-state index contributed by atoms with van der Waals surface area (Å²) >= 11 is 0. The predicted octanol–water partition coefficient (Wildman–Crippen LogP) is 4.76. The summed E-state index contributed by atoms with van der Waals surface area (Å²) in [5, 5.41) is 10.6. The summed E-state index contributed by atoms with van der Waals surface area (Å²) in [6.07, 6.45) is 0. The molecule has 0 fully saturated rings. The zero-order valence-corrected chi connectivity index (χ0v) is 19.4. The van der Waals surface area contributed by atoms with Crippen LogP contribution < -0.4 is 9.64 Å². The maximum Gasteiger partial charge on any atom is 0.322 e. The molecule has 4 rings (SSSR count). The number of anilines is 2. The molecule has 0 saturated heterocycles. The van der Waals surface area contributed by atoms with E-state index in [4.69, 9.17) is 15.4 Å². The molecule has 0 aliphatic carbocycles. The van der Waals surface area contributed by atoms with Crippen molar-refractivity contribution >= 4 is 37.1 Å². The van der Waals surface area contributed by atoms with Crippen LogP contribution in [0.5, 0.6) is 5.75 Å². The Morgan fingerprint density at radius 2 is 1.53 bits per heavy atom. The Labute approximate surface area is 191 Å². The lowest BCUT2D eigenvalue weighted by atomic mass is 9.71. The number of hydrogen-bond donors (Lipinski definition) is 1. The van der Waals surface area contributed by atoms with E-state index in [1.807, 2.05) is 36.2 Å². The van der Waals surface area contributed by atoms with Gasteiger partial charge in [0, 0.05) is 45.8 Å². The first-order valence-corrected chi connectivity index (χ1v) is 12.2. The number of carbonyl (C=O) groups is 1. The molecule has 0 unspecified atom stereocenters. The summed E-state index contributed by atoms with van der Waals surface area (Å²) in [4.78, 5) is 14.8. The molecule has 0 aromatic heterocycles. The monoisotopic (exact) mass is 471 g/mol. The van der Waals surface area contributed by atoms with Crippen LogP contribution in [0.2, 0.25) is 0 Å². The topological polar surface area (TPSA) is 83.9 Å². The molecule has 1 N–H and O–H groups in total. The van der Waals surface area contributed by atoms with Crippen LogP contribution in [0.15, 0.2) is 65.6 Å². The molecule has 6 nitrogen and oxygen atoms in total. The van der Waals surface area contributed by atoms with Gasteiger partial charge >= 0.3 is 5.97 Å². The number of benzene rings is 3. The maximum absolute atomic E-state index is 12.9. The third-order valence-electron chi connectivity index (χ3n) is 6.06. The fourth-order valence-corrected chi connectivity index (χ4v) is 5.64. The van der Waals surface area contributed by atoms with Crippen LogP contribution in [0, 0.1) is 13.8 Å². The van der Waals surface area contributed by atoms with E-state index in [-0.39, 0.29) is 11.5 Å². The van der Waals surface area contributed by atoms with E-state index in [2.05, 4.69) is 0 Å². The third-order valence-corrected chi connectivity index (χ3v) is 7.53. The molecule has 0 radical (unpaired) electrons. The van der Waals surface area contributed by atoms with Crippen LogP contribution in [0.4, 0.5) is 11.4 Å². The van der Waals surface area contributed by atoms with Gasteiger partial charge in [0.2, 0.25) is 0 Å². The van der Waals surface area contributed by atoms with Crippen LogP contribution in [0.25, 0.3) is 0 Å². The van der Waals surface area contributed by atoms with Gasteiger partial charge in [-0.2, -0.15) is 0 Å². The molecule has 3 aromatic rings. The summed E-state index contributed by atoms with van der Waals surface area (Å²) in [5.74, 6) is -0.747. The number of aliphatic carboxylic acids is 1. The molecule has 0 saturated carbocycles. The highest BCUT2D eigenvalue weighted by Gasteiger charge is 2.49. The van der Waals surface area contributed by atoms with Gasteiger partial charge in [-0.1, -0.05) is 42.5 Å². The lowest BCUT2D eigenvalue weighted by Crippen LogP contribution is -2.46. The second kappa shape index (κ2) is 7.83. The van der Waals surface area contributed by atoms with Crippen LogP contribution in [0.1, 0.15) is 22.3 Å². The van der Waals surface area contributed by atoms with E-state index in [1.165, 1.54) is 6.07 Å². The van der Waals surface area contributed by atoms with E-state index >= 15 is 0 Å². The molecule has 1 heterocycles. The Kier molecular flexibility index (Phi) is 5.43. The Morgan fingerprint density at radius 3 is 2.03 bits per heavy atom. The third kappa shape index (κ3) is 3.32. The molecule has 0 bridgehead atoms. The van der Waals surface area contributed by atoms with E-state index in [0.29, 0.717) is 28.0 Å². The molecule has 166 valence electrons. The Balaban J connectivity index is 1.90. The fourth-order valence-electron chi connectivity index (χ4n) is 4.45. The summed E-state index contributed by atoms with van der Waals surface area (Å²) in [6.45, 7) is 3.15. The molecule has 3 aromatic carbocycles. The number of carboxylic acids is 1. The SMILES string of the molecule is Cc1ccc(S(=O)(=O)Cl)c(C)c1OCC1(C(=O)O)c2ccccc2N(C)c2ccccc21. The zero-order chi connectivity index (χ0) is 23.3. The molecule has 1 aliphatic heterocycles. The van der Waals surface area contributed by atoms with Crippen LogP contribution in [-0.2, 0) is 19.3 Å². The molecular formula is C24H22ClNO5S.